The second-order valence-corrected chi connectivity index (χ2v) is 7.70. The van der Waals surface area contributed by atoms with Crippen molar-refractivity contribution in [2.75, 3.05) is 0 Å². The second kappa shape index (κ2) is 6.41. The van der Waals surface area contributed by atoms with Gasteiger partial charge in [-0.25, -0.2) is 4.99 Å². The second-order valence-electron chi connectivity index (χ2n) is 4.26. The van der Waals surface area contributed by atoms with Crippen LogP contribution in [0.1, 0.15) is 6.92 Å². The van der Waals surface area contributed by atoms with E-state index in [-0.39, 0.29) is 5.67 Å². The molecule has 0 bridgehead atoms. The highest BCUT2D eigenvalue weighted by molar-refractivity contribution is 7.78. The van der Waals surface area contributed by atoms with Gasteiger partial charge in [0.1, 0.15) is 8.80 Å². The zero-order valence-corrected chi connectivity index (χ0v) is 12.3. The van der Waals surface area contributed by atoms with Gasteiger partial charge in [0.15, 0.2) is 0 Å². The molecule has 1 atom stereocenters. The molecule has 0 amide bonds. The fourth-order valence-corrected chi connectivity index (χ4v) is 5.50. The van der Waals surface area contributed by atoms with Crippen molar-refractivity contribution in [3.8, 4) is 0 Å². The standard InChI is InChI=1S/C15H15NSSi/c1-13(16-12-17)18(14-8-4-2-5-9-14)15-10-6-3-7-11-15/h2-11,13,18H,1H3. The molecular formula is C15H15NSSi. The van der Waals surface area contributed by atoms with Crippen molar-refractivity contribution in [3.05, 3.63) is 60.7 Å². The van der Waals surface area contributed by atoms with E-state index in [4.69, 9.17) is 12.2 Å². The highest BCUT2D eigenvalue weighted by atomic mass is 32.1. The molecule has 3 heteroatoms. The Hall–Kier alpha value is -1.54. The number of nitrogens with zero attached hydrogens (tertiary/aromatic N) is 1. The maximum atomic E-state index is 4.75. The van der Waals surface area contributed by atoms with Crippen LogP contribution in [0.2, 0.25) is 0 Å². The van der Waals surface area contributed by atoms with Crippen LogP contribution in [0.5, 0.6) is 0 Å². The number of isothiocyanates is 1. The monoisotopic (exact) mass is 269 g/mol. The quantitative estimate of drug-likeness (QED) is 0.470. The van der Waals surface area contributed by atoms with Crippen molar-refractivity contribution in [2.45, 2.75) is 12.6 Å². The van der Waals surface area contributed by atoms with Gasteiger partial charge in [-0.3, -0.25) is 0 Å². The van der Waals surface area contributed by atoms with Crippen LogP contribution >= 0.6 is 12.2 Å². The Morgan fingerprint density at radius 2 is 1.39 bits per heavy atom. The molecule has 18 heavy (non-hydrogen) atoms. The summed E-state index contributed by atoms with van der Waals surface area (Å²) in [4.78, 5) is 4.30. The fraction of sp³-hybridized carbons (Fsp3) is 0.133. The Morgan fingerprint density at radius 1 is 0.944 bits per heavy atom. The Labute approximate surface area is 115 Å². The average Bonchev–Trinajstić information content (AvgIpc) is 2.42. The Morgan fingerprint density at radius 3 is 1.78 bits per heavy atom. The average molecular weight is 269 g/mol. The molecule has 0 N–H and O–H groups in total. The van der Waals surface area contributed by atoms with Crippen LogP contribution in [0.4, 0.5) is 0 Å². The molecule has 0 fully saturated rings. The number of thiocarbonyl (C=S) groups is 1. The van der Waals surface area contributed by atoms with Crippen LogP contribution in [-0.4, -0.2) is 19.6 Å². The van der Waals surface area contributed by atoms with Gasteiger partial charge in [-0.2, -0.15) is 0 Å². The van der Waals surface area contributed by atoms with Crippen molar-refractivity contribution < 1.29 is 0 Å². The molecule has 1 nitrogen and oxygen atoms in total. The molecule has 0 aliphatic heterocycles. The van der Waals surface area contributed by atoms with E-state index in [1.54, 1.807) is 0 Å². The van der Waals surface area contributed by atoms with E-state index in [0.29, 0.717) is 0 Å². The van der Waals surface area contributed by atoms with Crippen LogP contribution in [0.15, 0.2) is 65.7 Å². The van der Waals surface area contributed by atoms with Gasteiger partial charge >= 0.3 is 0 Å². The molecule has 0 saturated carbocycles. The Balaban J connectivity index is 2.44. The minimum Gasteiger partial charge on any atom is -0.232 e. The summed E-state index contributed by atoms with van der Waals surface area (Å²) in [6, 6.07) is 21.2. The summed E-state index contributed by atoms with van der Waals surface area (Å²) in [5.74, 6) is 0. The first-order chi connectivity index (χ1) is 8.83. The molecule has 2 rings (SSSR count). The van der Waals surface area contributed by atoms with E-state index in [1.807, 2.05) is 12.1 Å². The topological polar surface area (TPSA) is 12.4 Å². The maximum absolute atomic E-state index is 4.75. The van der Waals surface area contributed by atoms with Crippen LogP contribution in [-0.2, 0) is 0 Å². The predicted molar refractivity (Wildman–Crippen MR) is 83.8 cm³/mol. The van der Waals surface area contributed by atoms with Gasteiger partial charge < -0.3 is 0 Å². The first-order valence-corrected chi connectivity index (χ1v) is 8.22. The third-order valence-electron chi connectivity index (χ3n) is 3.06. The molecular weight excluding hydrogens is 254 g/mol. The van der Waals surface area contributed by atoms with E-state index in [1.165, 1.54) is 10.4 Å². The number of rotatable bonds is 4. The van der Waals surface area contributed by atoms with Gasteiger partial charge in [0.2, 0.25) is 0 Å². The summed E-state index contributed by atoms with van der Waals surface area (Å²) >= 11 is 4.75. The van der Waals surface area contributed by atoms with Crippen molar-refractivity contribution in [3.63, 3.8) is 0 Å². The number of aliphatic imine (C=N–C) groups is 1. The maximum Gasteiger partial charge on any atom is 0.130 e. The minimum absolute atomic E-state index is 0.229. The lowest BCUT2D eigenvalue weighted by Crippen LogP contribution is -2.49. The lowest BCUT2D eigenvalue weighted by molar-refractivity contribution is 1.02. The lowest BCUT2D eigenvalue weighted by atomic mass is 10.4. The normalized spacial score (nSPS) is 11.9. The third kappa shape index (κ3) is 3.02. The molecule has 0 spiro atoms. The summed E-state index contributed by atoms with van der Waals surface area (Å²) in [7, 11) is -1.36. The van der Waals surface area contributed by atoms with E-state index in [9.17, 15) is 0 Å². The SMILES string of the molecule is CC(N=C=S)[SiH](c1ccccc1)c1ccccc1. The lowest BCUT2D eigenvalue weighted by Gasteiger charge is -2.19. The molecule has 1 unspecified atom stereocenters. The minimum atomic E-state index is -1.36. The van der Waals surface area contributed by atoms with Crippen molar-refractivity contribution in [1.82, 2.24) is 0 Å². The first kappa shape index (κ1) is 12.9. The number of benzene rings is 2. The third-order valence-corrected chi connectivity index (χ3v) is 6.48. The van der Waals surface area contributed by atoms with Crippen LogP contribution in [0, 0.1) is 0 Å². The highest BCUT2D eigenvalue weighted by Crippen LogP contribution is 2.00. The van der Waals surface area contributed by atoms with Crippen molar-refractivity contribution in [2.24, 2.45) is 4.99 Å². The van der Waals surface area contributed by atoms with E-state index < -0.39 is 8.80 Å². The first-order valence-electron chi connectivity index (χ1n) is 6.00. The number of hydrogen-bond donors (Lipinski definition) is 0. The highest BCUT2D eigenvalue weighted by Gasteiger charge is 2.22. The van der Waals surface area contributed by atoms with Gasteiger partial charge in [-0.15, -0.1) is 0 Å². The molecule has 0 radical (unpaired) electrons. The molecule has 2 aromatic rings. The van der Waals surface area contributed by atoms with E-state index in [0.717, 1.165) is 0 Å². The molecule has 0 saturated heterocycles. The van der Waals surface area contributed by atoms with E-state index >= 15 is 0 Å². The van der Waals surface area contributed by atoms with Gasteiger partial charge in [-0.05, 0) is 19.1 Å². The van der Waals surface area contributed by atoms with Gasteiger partial charge in [0, 0.05) is 0 Å². The smallest absolute Gasteiger partial charge is 0.130 e. The van der Waals surface area contributed by atoms with Crippen LogP contribution in [0.3, 0.4) is 0 Å². The Kier molecular flexibility index (Phi) is 4.59. The molecule has 0 heterocycles. The summed E-state index contributed by atoms with van der Waals surface area (Å²) in [6.07, 6.45) is 0. The van der Waals surface area contributed by atoms with E-state index in [2.05, 4.69) is 65.6 Å². The van der Waals surface area contributed by atoms with Crippen molar-refractivity contribution in [1.29, 1.82) is 0 Å². The van der Waals surface area contributed by atoms with Crippen LogP contribution in [0.25, 0.3) is 0 Å². The summed E-state index contributed by atoms with van der Waals surface area (Å²) in [5.41, 5.74) is 0.229. The molecule has 0 aliphatic carbocycles. The largest absolute Gasteiger partial charge is 0.232 e. The van der Waals surface area contributed by atoms with Gasteiger partial charge in [-0.1, -0.05) is 71.0 Å². The van der Waals surface area contributed by atoms with Crippen molar-refractivity contribution >= 4 is 36.5 Å². The summed E-state index contributed by atoms with van der Waals surface area (Å²) in [6.45, 7) is 2.14. The molecule has 0 aliphatic rings. The van der Waals surface area contributed by atoms with Crippen LogP contribution < -0.4 is 10.4 Å². The van der Waals surface area contributed by atoms with Gasteiger partial charge in [0.05, 0.1) is 10.8 Å². The molecule has 2 aromatic carbocycles. The van der Waals surface area contributed by atoms with Gasteiger partial charge in [0.25, 0.3) is 0 Å². The zero-order valence-electron chi connectivity index (χ0n) is 10.3. The molecule has 90 valence electrons. The zero-order chi connectivity index (χ0) is 12.8. The number of hydrogen-bond acceptors (Lipinski definition) is 2. The summed E-state index contributed by atoms with van der Waals surface area (Å²) < 4.78 is 0. The fourth-order valence-electron chi connectivity index (χ4n) is 2.23. The molecule has 0 aromatic heterocycles. The Bertz CT molecular complexity index is 495. The summed E-state index contributed by atoms with van der Waals surface area (Å²) in [5, 5.41) is 5.32. The predicted octanol–water partition coefficient (Wildman–Crippen LogP) is 2.06.